The van der Waals surface area contributed by atoms with E-state index < -0.39 is 36.2 Å². The fourth-order valence-corrected chi connectivity index (χ4v) is 2.05. The zero-order valence-corrected chi connectivity index (χ0v) is 12.4. The average molecular weight is 340 g/mol. The molecule has 0 saturated carbocycles. The molecule has 1 atom stereocenters. The number of alkyl halides is 4. The highest BCUT2D eigenvalue weighted by Crippen LogP contribution is 2.28. The van der Waals surface area contributed by atoms with Crippen molar-refractivity contribution in [3.8, 4) is 6.07 Å². The van der Waals surface area contributed by atoms with Crippen LogP contribution >= 0.6 is 0 Å². The molecule has 1 aromatic heterocycles. The monoisotopic (exact) mass is 340 g/mol. The van der Waals surface area contributed by atoms with Crippen molar-refractivity contribution < 1.29 is 22.4 Å². The predicted octanol–water partition coefficient (Wildman–Crippen LogP) is 3.83. The second kappa shape index (κ2) is 7.12. The normalized spacial score (nSPS) is 12.2. The summed E-state index contributed by atoms with van der Waals surface area (Å²) in [5.41, 5.74) is -1.23. The van der Waals surface area contributed by atoms with Gasteiger partial charge in [0.1, 0.15) is 23.5 Å². The number of hydrogen-bond donors (Lipinski definition) is 1. The van der Waals surface area contributed by atoms with Gasteiger partial charge < -0.3 is 5.32 Å². The maximum Gasteiger partial charge on any atom is 0.282 e. The standard InChI is InChI=1S/C15H12F4N4O/c1-8(15(24)21-10-5-3-2-4-9(10)7-20)23-12(14(18)19)6-11(22-23)13(16)17/h2-6,8,13-14H,1H3,(H,21,24). The minimum atomic E-state index is -3.06. The second-order valence-corrected chi connectivity index (χ2v) is 4.86. The number of rotatable bonds is 5. The molecule has 0 bridgehead atoms. The summed E-state index contributed by atoms with van der Waals surface area (Å²) in [6, 6.07) is 7.27. The molecular formula is C15H12F4N4O. The first-order valence-corrected chi connectivity index (χ1v) is 6.80. The van der Waals surface area contributed by atoms with E-state index in [1.54, 1.807) is 12.1 Å². The molecule has 2 aromatic rings. The van der Waals surface area contributed by atoms with Crippen molar-refractivity contribution in [3.05, 3.63) is 47.3 Å². The topological polar surface area (TPSA) is 70.7 Å². The predicted molar refractivity (Wildman–Crippen MR) is 76.6 cm³/mol. The van der Waals surface area contributed by atoms with Crippen LogP contribution < -0.4 is 5.32 Å². The number of anilines is 1. The van der Waals surface area contributed by atoms with Crippen molar-refractivity contribution in [2.24, 2.45) is 0 Å². The van der Waals surface area contributed by atoms with E-state index in [0.29, 0.717) is 10.7 Å². The Kier molecular flexibility index (Phi) is 5.18. The Bertz CT molecular complexity index is 782. The lowest BCUT2D eigenvalue weighted by atomic mass is 10.2. The summed E-state index contributed by atoms with van der Waals surface area (Å²) in [6.07, 6.45) is -6.09. The van der Waals surface area contributed by atoms with E-state index in [1.807, 2.05) is 6.07 Å². The maximum absolute atomic E-state index is 13.0. The summed E-state index contributed by atoms with van der Waals surface area (Å²) < 4.78 is 51.9. The van der Waals surface area contributed by atoms with Crippen LogP contribution in [0.3, 0.4) is 0 Å². The highest BCUT2D eigenvalue weighted by Gasteiger charge is 2.27. The number of nitrogens with one attached hydrogen (secondary N) is 1. The first-order valence-electron chi connectivity index (χ1n) is 6.80. The van der Waals surface area contributed by atoms with Crippen molar-refractivity contribution >= 4 is 11.6 Å². The molecular weight excluding hydrogens is 328 g/mol. The van der Waals surface area contributed by atoms with E-state index in [4.69, 9.17) is 5.26 Å². The summed E-state index contributed by atoms with van der Waals surface area (Å²) in [7, 11) is 0. The van der Waals surface area contributed by atoms with Crippen LogP contribution in [0.4, 0.5) is 23.2 Å². The molecule has 0 radical (unpaired) electrons. The van der Waals surface area contributed by atoms with E-state index in [0.717, 1.165) is 0 Å². The van der Waals surface area contributed by atoms with E-state index >= 15 is 0 Å². The van der Waals surface area contributed by atoms with Gasteiger partial charge in [0.15, 0.2) is 0 Å². The largest absolute Gasteiger partial charge is 0.323 e. The van der Waals surface area contributed by atoms with Gasteiger partial charge in [-0.1, -0.05) is 12.1 Å². The lowest BCUT2D eigenvalue weighted by Gasteiger charge is -2.16. The molecule has 1 unspecified atom stereocenters. The Balaban J connectivity index is 2.29. The van der Waals surface area contributed by atoms with Crippen LogP contribution in [0.5, 0.6) is 0 Å². The van der Waals surface area contributed by atoms with Crippen LogP contribution in [0.25, 0.3) is 0 Å². The van der Waals surface area contributed by atoms with Gasteiger partial charge in [-0.2, -0.15) is 10.4 Å². The first-order chi connectivity index (χ1) is 11.3. The van der Waals surface area contributed by atoms with E-state index in [-0.39, 0.29) is 11.3 Å². The number of carbonyl (C=O) groups excluding carboxylic acids is 1. The van der Waals surface area contributed by atoms with Crippen LogP contribution in [0.1, 0.15) is 42.8 Å². The zero-order valence-electron chi connectivity index (χ0n) is 12.4. The molecule has 5 nitrogen and oxygen atoms in total. The lowest BCUT2D eigenvalue weighted by Crippen LogP contribution is -2.26. The van der Waals surface area contributed by atoms with Crippen LogP contribution in [-0.4, -0.2) is 15.7 Å². The van der Waals surface area contributed by atoms with E-state index in [9.17, 15) is 22.4 Å². The minimum absolute atomic E-state index is 0.181. The number of nitriles is 1. The van der Waals surface area contributed by atoms with Gasteiger partial charge >= 0.3 is 0 Å². The minimum Gasteiger partial charge on any atom is -0.323 e. The molecule has 2 rings (SSSR count). The van der Waals surface area contributed by atoms with E-state index in [1.165, 1.54) is 19.1 Å². The molecule has 1 amide bonds. The smallest absolute Gasteiger partial charge is 0.282 e. The van der Waals surface area contributed by atoms with Gasteiger partial charge in [0.05, 0.1) is 11.3 Å². The molecule has 0 aliphatic rings. The van der Waals surface area contributed by atoms with Crippen molar-refractivity contribution in [2.75, 3.05) is 5.32 Å². The fraction of sp³-hybridized carbons (Fsp3) is 0.267. The Morgan fingerprint density at radius 2 is 1.92 bits per heavy atom. The summed E-state index contributed by atoms with van der Waals surface area (Å²) in [4.78, 5) is 12.2. The lowest BCUT2D eigenvalue weighted by molar-refractivity contribution is -0.119. The number of halogens is 4. The van der Waals surface area contributed by atoms with Crippen molar-refractivity contribution in [2.45, 2.75) is 25.8 Å². The molecule has 9 heteroatoms. The van der Waals surface area contributed by atoms with Gasteiger partial charge in [0, 0.05) is 0 Å². The highest BCUT2D eigenvalue weighted by molar-refractivity contribution is 5.94. The van der Waals surface area contributed by atoms with Crippen LogP contribution in [0.2, 0.25) is 0 Å². The third-order valence-corrected chi connectivity index (χ3v) is 3.28. The van der Waals surface area contributed by atoms with Crippen molar-refractivity contribution in [1.29, 1.82) is 5.26 Å². The zero-order chi connectivity index (χ0) is 17.9. The average Bonchev–Trinajstić information content (AvgIpc) is 3.00. The second-order valence-electron chi connectivity index (χ2n) is 4.86. The van der Waals surface area contributed by atoms with Crippen LogP contribution in [0, 0.1) is 11.3 Å². The number of amides is 1. The van der Waals surface area contributed by atoms with E-state index in [2.05, 4.69) is 10.4 Å². The SMILES string of the molecule is CC(C(=O)Nc1ccccc1C#N)n1nc(C(F)F)cc1C(F)F. The Hall–Kier alpha value is -2.89. The molecule has 0 saturated heterocycles. The molecule has 0 aliphatic heterocycles. The Morgan fingerprint density at radius 3 is 2.50 bits per heavy atom. The molecule has 0 fully saturated rings. The number of benzene rings is 1. The number of aromatic nitrogens is 2. The molecule has 0 aliphatic carbocycles. The molecule has 126 valence electrons. The van der Waals surface area contributed by atoms with Gasteiger partial charge in [-0.25, -0.2) is 17.6 Å². The number of nitrogens with zero attached hydrogens (tertiary/aromatic N) is 3. The van der Waals surface area contributed by atoms with Crippen LogP contribution in [-0.2, 0) is 4.79 Å². The summed E-state index contributed by atoms with van der Waals surface area (Å²) in [6.45, 7) is 1.25. The molecule has 1 aromatic carbocycles. The Morgan fingerprint density at radius 1 is 1.25 bits per heavy atom. The summed E-state index contributed by atoms with van der Waals surface area (Å²) in [5.74, 6) is -0.761. The number of hydrogen-bond acceptors (Lipinski definition) is 3. The molecule has 1 heterocycles. The van der Waals surface area contributed by atoms with Crippen molar-refractivity contribution in [3.63, 3.8) is 0 Å². The molecule has 1 N–H and O–H groups in total. The van der Waals surface area contributed by atoms with Gasteiger partial charge in [-0.05, 0) is 25.1 Å². The van der Waals surface area contributed by atoms with Crippen LogP contribution in [0.15, 0.2) is 30.3 Å². The van der Waals surface area contributed by atoms with Gasteiger partial charge in [-0.3, -0.25) is 9.48 Å². The Labute approximate surface area is 134 Å². The fourth-order valence-electron chi connectivity index (χ4n) is 2.05. The summed E-state index contributed by atoms with van der Waals surface area (Å²) >= 11 is 0. The quantitative estimate of drug-likeness (QED) is 0.841. The van der Waals surface area contributed by atoms with Gasteiger partial charge in [0.2, 0.25) is 5.91 Å². The first kappa shape index (κ1) is 17.5. The number of para-hydroxylation sites is 1. The van der Waals surface area contributed by atoms with Crippen molar-refractivity contribution in [1.82, 2.24) is 9.78 Å². The molecule has 0 spiro atoms. The number of carbonyl (C=O) groups is 1. The van der Waals surface area contributed by atoms with Gasteiger partial charge in [-0.15, -0.1) is 0 Å². The highest BCUT2D eigenvalue weighted by atomic mass is 19.3. The summed E-state index contributed by atoms with van der Waals surface area (Å²) in [5, 5.41) is 14.8. The van der Waals surface area contributed by atoms with Gasteiger partial charge in [0.25, 0.3) is 12.9 Å². The third-order valence-electron chi connectivity index (χ3n) is 3.28. The third kappa shape index (κ3) is 3.53. The maximum atomic E-state index is 13.0. The molecule has 24 heavy (non-hydrogen) atoms.